The summed E-state index contributed by atoms with van der Waals surface area (Å²) in [5, 5.41) is 0.605. The summed E-state index contributed by atoms with van der Waals surface area (Å²) in [6.07, 6.45) is 8.22. The average molecular weight is 427 g/mol. The molecule has 1 saturated carbocycles. The number of hydrogen-bond acceptors (Lipinski definition) is 4. The topological polar surface area (TPSA) is 66.1 Å². The van der Waals surface area contributed by atoms with Crippen molar-refractivity contribution in [3.8, 4) is 0 Å². The first-order chi connectivity index (χ1) is 10.5. The fourth-order valence-electron chi connectivity index (χ4n) is 2.36. The lowest BCUT2D eigenvalue weighted by atomic mass is 10.3. The third kappa shape index (κ3) is 3.00. The Kier molecular flexibility index (Phi) is 4.43. The molecule has 22 heavy (non-hydrogen) atoms. The molecule has 0 aromatic carbocycles. The van der Waals surface area contributed by atoms with Crippen LogP contribution >= 0.6 is 22.9 Å². The predicted molar refractivity (Wildman–Crippen MR) is 95.4 cm³/mol. The second kappa shape index (κ2) is 6.18. The van der Waals surface area contributed by atoms with E-state index in [0.29, 0.717) is 39.1 Å². The molecule has 0 amide bonds. The van der Waals surface area contributed by atoms with Crippen LogP contribution in [0.3, 0.4) is 0 Å². The van der Waals surface area contributed by atoms with E-state index in [1.54, 1.807) is 7.35 Å². The van der Waals surface area contributed by atoms with E-state index in [9.17, 15) is 9.59 Å². The zero-order valence-electron chi connectivity index (χ0n) is 12.4. The van der Waals surface area contributed by atoms with Crippen LogP contribution in [0, 0.1) is 5.92 Å². The van der Waals surface area contributed by atoms with Gasteiger partial charge in [0, 0.05) is 0 Å². The van der Waals surface area contributed by atoms with Crippen molar-refractivity contribution >= 4 is 66.7 Å². The molecule has 0 bridgehead atoms. The Morgan fingerprint density at radius 2 is 2.32 bits per heavy atom. The molecule has 1 aliphatic carbocycles. The summed E-state index contributed by atoms with van der Waals surface area (Å²) < 4.78 is 8.90. The first-order valence-electron chi connectivity index (χ1n) is 7.05. The van der Waals surface area contributed by atoms with Crippen molar-refractivity contribution in [1.82, 2.24) is 12.3 Å². The molecule has 0 radical (unpaired) electrons. The van der Waals surface area contributed by atoms with Gasteiger partial charge in [0.15, 0.2) is 0 Å². The van der Waals surface area contributed by atoms with Crippen LogP contribution in [0.4, 0.5) is 0 Å². The molecule has 1 aliphatic rings. The van der Waals surface area contributed by atoms with Crippen LogP contribution in [0.1, 0.15) is 18.7 Å². The number of aromatic nitrogens is 3. The number of methoxy groups -OCH3 is 1. The minimum absolute atomic E-state index is 0.0682. The number of ether oxygens (including phenoxy) is 1. The number of fused-ring (bicyclic) bond motifs is 1. The maximum atomic E-state index is 12.6. The van der Waals surface area contributed by atoms with Gasteiger partial charge in [0.2, 0.25) is 0 Å². The molecular formula is C14H15AlIN3O3. The van der Waals surface area contributed by atoms with Gasteiger partial charge in [-0.2, -0.15) is 0 Å². The second-order valence-corrected chi connectivity index (χ2v) is 7.51. The summed E-state index contributed by atoms with van der Waals surface area (Å²) in [5.74, 6) is 0.866. The summed E-state index contributed by atoms with van der Waals surface area (Å²) in [4.78, 5) is 28.7. The van der Waals surface area contributed by atoms with Crippen molar-refractivity contribution in [3.63, 3.8) is 0 Å². The fraction of sp³-hybridized carbons (Fsp3) is 0.357. The molecule has 3 rings (SSSR count). The van der Waals surface area contributed by atoms with Crippen molar-refractivity contribution < 1.29 is 9.53 Å². The fourth-order valence-corrected chi connectivity index (χ4v) is 3.62. The van der Waals surface area contributed by atoms with Crippen molar-refractivity contribution in [3.05, 3.63) is 28.5 Å². The molecule has 2 heterocycles. The molecule has 2 aromatic rings. The van der Waals surface area contributed by atoms with Crippen LogP contribution in [0.2, 0.25) is 0 Å². The lowest BCUT2D eigenvalue weighted by Crippen LogP contribution is -2.20. The number of allylic oxidation sites excluding steroid dienone is 1. The minimum atomic E-state index is -0.353. The van der Waals surface area contributed by atoms with Crippen molar-refractivity contribution in [2.75, 3.05) is 7.11 Å². The molecule has 0 N–H and O–H groups in total. The van der Waals surface area contributed by atoms with E-state index in [1.807, 2.05) is 35.1 Å². The molecular weight excluding hydrogens is 412 g/mol. The van der Waals surface area contributed by atoms with Gasteiger partial charge in [-0.1, -0.05) is 10.5 Å². The van der Waals surface area contributed by atoms with Crippen molar-refractivity contribution in [2.45, 2.75) is 19.4 Å². The van der Waals surface area contributed by atoms with Gasteiger partial charge in [-0.15, -0.1) is 0 Å². The average Bonchev–Trinajstić information content (AvgIpc) is 3.26. The van der Waals surface area contributed by atoms with E-state index >= 15 is 0 Å². The van der Waals surface area contributed by atoms with E-state index in [1.165, 1.54) is 20.0 Å². The van der Waals surface area contributed by atoms with E-state index in [0.717, 1.165) is 4.43 Å². The number of esters is 1. The molecule has 0 unspecified atom stereocenters. The monoisotopic (exact) mass is 427 g/mol. The lowest BCUT2D eigenvalue weighted by molar-refractivity contribution is -0.141. The number of halogens is 1. The Labute approximate surface area is 149 Å². The number of hydrogen-bond donors (Lipinski definition) is 0. The standard InChI is InChI=1S/C14H13IN3O3.Al.2H/c1-21-12(19)8-17-7-6-10-13(17)16-11(18(15)14(10)20)5-4-9-2-3-9;;;/h4-5,7,9H,2-3,8H2,1H3;;;/b5-4+;;;. The summed E-state index contributed by atoms with van der Waals surface area (Å²) in [7, 11) is 1.35. The third-order valence-electron chi connectivity index (χ3n) is 3.72. The number of nitrogens with zero attached hydrogens (tertiary/aromatic N) is 3. The molecule has 6 nitrogen and oxygen atoms in total. The number of rotatable bonds is 4. The van der Waals surface area contributed by atoms with E-state index in [-0.39, 0.29) is 18.1 Å². The van der Waals surface area contributed by atoms with Crippen LogP contribution in [0.5, 0.6) is 0 Å². The highest BCUT2D eigenvalue weighted by Gasteiger charge is 2.19. The minimum Gasteiger partial charge on any atom is -0.468 e. The summed E-state index contributed by atoms with van der Waals surface area (Å²) >= 11 is 2.70. The van der Waals surface area contributed by atoms with Crippen LogP contribution in [0.15, 0.2) is 17.1 Å². The zero-order valence-corrected chi connectivity index (χ0v) is 16.5. The second-order valence-electron chi connectivity index (χ2n) is 5.47. The molecule has 0 spiro atoms. The van der Waals surface area contributed by atoms with Gasteiger partial charge in [-0.3, -0.25) is 9.59 Å². The molecule has 0 saturated heterocycles. The SMILES string of the molecule is COC(=O)Cn1c[c]([AlH2])c2c(=O)n(I)c(/C=C/C3CC3)nc21. The first kappa shape index (κ1) is 15.8. The summed E-state index contributed by atoms with van der Waals surface area (Å²) in [6, 6.07) is 0. The highest BCUT2D eigenvalue weighted by molar-refractivity contribution is 14.1. The van der Waals surface area contributed by atoms with Gasteiger partial charge in [0.25, 0.3) is 21.8 Å². The Morgan fingerprint density at radius 1 is 1.59 bits per heavy atom. The zero-order chi connectivity index (χ0) is 15.9. The van der Waals surface area contributed by atoms with Gasteiger partial charge in [-0.25, -0.2) is 7.76 Å². The van der Waals surface area contributed by atoms with E-state index in [2.05, 4.69) is 11.1 Å². The lowest BCUT2D eigenvalue weighted by Gasteiger charge is -2.05. The highest BCUT2D eigenvalue weighted by Crippen LogP contribution is 2.30. The Balaban J connectivity index is 2.14. The Morgan fingerprint density at radius 3 is 2.95 bits per heavy atom. The summed E-state index contributed by atoms with van der Waals surface area (Å²) in [6.45, 7) is 0.0682. The largest absolute Gasteiger partial charge is 0.468 e. The number of carbonyl (C=O) groups excluding carboxylic acids is 1. The predicted octanol–water partition coefficient (Wildman–Crippen LogP) is 0.251. The molecule has 114 valence electrons. The number of carbonyl (C=O) groups is 1. The van der Waals surface area contributed by atoms with Crippen LogP contribution in [0.25, 0.3) is 17.1 Å². The van der Waals surface area contributed by atoms with Crippen LogP contribution in [-0.2, 0) is 16.1 Å². The van der Waals surface area contributed by atoms with Crippen molar-refractivity contribution in [1.29, 1.82) is 0 Å². The molecule has 1 fully saturated rings. The molecule has 8 heteroatoms. The Bertz CT molecular complexity index is 836. The summed E-state index contributed by atoms with van der Waals surface area (Å²) in [5.41, 5.74) is 0.485. The maximum absolute atomic E-state index is 12.6. The van der Waals surface area contributed by atoms with Gasteiger partial charge < -0.3 is 9.30 Å². The van der Waals surface area contributed by atoms with E-state index in [4.69, 9.17) is 4.74 Å². The Hall–Kier alpha value is -1.11. The quantitative estimate of drug-likeness (QED) is 0.399. The molecule has 0 aliphatic heterocycles. The normalized spacial score (nSPS) is 14.8. The van der Waals surface area contributed by atoms with Gasteiger partial charge in [-0.05, 0) is 31.0 Å². The van der Waals surface area contributed by atoms with Crippen molar-refractivity contribution in [2.24, 2.45) is 5.92 Å². The first-order valence-corrected chi connectivity index (χ1v) is 9.01. The van der Waals surface area contributed by atoms with Gasteiger partial charge in [0.05, 0.1) is 35.4 Å². The van der Waals surface area contributed by atoms with Crippen LogP contribution in [-0.4, -0.2) is 41.7 Å². The maximum Gasteiger partial charge on any atom is 0.325 e. The van der Waals surface area contributed by atoms with E-state index < -0.39 is 0 Å². The van der Waals surface area contributed by atoms with Gasteiger partial charge in [0.1, 0.15) is 18.0 Å². The molecule has 0 atom stereocenters. The molecule has 2 aromatic heterocycles. The highest BCUT2D eigenvalue weighted by atomic mass is 127. The van der Waals surface area contributed by atoms with Crippen LogP contribution < -0.4 is 9.98 Å². The third-order valence-corrected chi connectivity index (χ3v) is 5.41. The smallest absolute Gasteiger partial charge is 0.325 e. The van der Waals surface area contributed by atoms with Gasteiger partial charge >= 0.3 is 5.97 Å².